The lowest BCUT2D eigenvalue weighted by Crippen LogP contribution is -2.35. The van der Waals surface area contributed by atoms with E-state index in [9.17, 15) is 4.79 Å². The van der Waals surface area contributed by atoms with Crippen LogP contribution < -0.4 is 5.32 Å². The van der Waals surface area contributed by atoms with Crippen LogP contribution in [0.2, 0.25) is 0 Å². The van der Waals surface area contributed by atoms with Crippen molar-refractivity contribution in [3.63, 3.8) is 0 Å². The molecule has 0 saturated heterocycles. The van der Waals surface area contributed by atoms with Gasteiger partial charge in [-0.2, -0.15) is 5.10 Å². The normalized spacial score (nSPS) is 13.0. The van der Waals surface area contributed by atoms with Crippen molar-refractivity contribution in [2.24, 2.45) is 7.05 Å². The molecule has 0 aromatic carbocycles. The summed E-state index contributed by atoms with van der Waals surface area (Å²) >= 11 is 0. The van der Waals surface area contributed by atoms with Crippen molar-refractivity contribution in [1.29, 1.82) is 0 Å². The summed E-state index contributed by atoms with van der Waals surface area (Å²) in [6, 6.07) is 0.250. The number of aromatic nitrogens is 2. The number of rotatable bonds is 6. The van der Waals surface area contributed by atoms with E-state index in [0.29, 0.717) is 6.54 Å². The average Bonchev–Trinajstić information content (AvgIpc) is 2.71. The number of amides is 1. The minimum absolute atomic E-state index is 0.250. The number of carbonyl (C=O) groups excluding carboxylic acids is 1. The molecule has 0 fully saturated rings. The maximum Gasteiger partial charge on any atom is 0.410 e. The second kappa shape index (κ2) is 7.63. The smallest absolute Gasteiger partial charge is 0.410 e. The molecule has 1 heterocycles. The number of carbonyl (C=O) groups is 1. The van der Waals surface area contributed by atoms with Gasteiger partial charge in [-0.25, -0.2) is 4.79 Å². The lowest BCUT2D eigenvalue weighted by molar-refractivity contribution is 0.0297. The molecule has 1 unspecified atom stereocenters. The Morgan fingerprint density at radius 2 is 2.14 bits per heavy atom. The minimum Gasteiger partial charge on any atom is -0.444 e. The van der Waals surface area contributed by atoms with Gasteiger partial charge >= 0.3 is 6.09 Å². The zero-order valence-corrected chi connectivity index (χ0v) is 14.9. The highest BCUT2D eigenvalue weighted by Gasteiger charge is 2.19. The van der Waals surface area contributed by atoms with Crippen molar-refractivity contribution in [2.45, 2.75) is 52.7 Å². The molecule has 1 aromatic heterocycles. The third-order valence-corrected chi connectivity index (χ3v) is 3.34. The Bertz CT molecular complexity index is 491. The predicted molar refractivity (Wildman–Crippen MR) is 87.8 cm³/mol. The first-order valence-electron chi connectivity index (χ1n) is 7.78. The summed E-state index contributed by atoms with van der Waals surface area (Å²) in [4.78, 5) is 13.4. The zero-order valence-electron chi connectivity index (χ0n) is 14.9. The first-order chi connectivity index (χ1) is 10.1. The van der Waals surface area contributed by atoms with Crippen molar-refractivity contribution >= 4 is 6.09 Å². The number of ether oxygens (including phenoxy) is 1. The monoisotopic (exact) mass is 310 g/mol. The number of hydrogen-bond acceptors (Lipinski definition) is 4. The van der Waals surface area contributed by atoms with Crippen LogP contribution in [0.3, 0.4) is 0 Å². The molecule has 6 heteroatoms. The van der Waals surface area contributed by atoms with Gasteiger partial charge in [-0.3, -0.25) is 4.68 Å². The van der Waals surface area contributed by atoms with Crippen molar-refractivity contribution in [3.8, 4) is 0 Å². The van der Waals surface area contributed by atoms with E-state index in [1.165, 1.54) is 5.56 Å². The quantitative estimate of drug-likeness (QED) is 0.821. The Balaban J connectivity index is 2.30. The lowest BCUT2D eigenvalue weighted by atomic mass is 10.1. The Kier molecular flexibility index (Phi) is 6.41. The number of hydrogen-bond donors (Lipinski definition) is 1. The molecule has 0 aliphatic carbocycles. The van der Waals surface area contributed by atoms with Gasteiger partial charge in [0, 0.05) is 38.4 Å². The van der Waals surface area contributed by atoms with Gasteiger partial charge in [0.2, 0.25) is 0 Å². The van der Waals surface area contributed by atoms with Gasteiger partial charge in [-0.1, -0.05) is 0 Å². The van der Waals surface area contributed by atoms with Gasteiger partial charge in [0.1, 0.15) is 5.60 Å². The van der Waals surface area contributed by atoms with Gasteiger partial charge < -0.3 is 15.0 Å². The fourth-order valence-corrected chi connectivity index (χ4v) is 2.22. The fourth-order valence-electron chi connectivity index (χ4n) is 2.22. The molecule has 0 bridgehead atoms. The Morgan fingerprint density at radius 3 is 2.64 bits per heavy atom. The minimum atomic E-state index is -0.448. The summed E-state index contributed by atoms with van der Waals surface area (Å²) < 4.78 is 7.15. The van der Waals surface area contributed by atoms with E-state index >= 15 is 0 Å². The van der Waals surface area contributed by atoms with Gasteiger partial charge in [0.15, 0.2) is 0 Å². The predicted octanol–water partition coefficient (Wildman–Crippen LogP) is 2.64. The third kappa shape index (κ3) is 6.05. The van der Waals surface area contributed by atoms with E-state index < -0.39 is 5.60 Å². The third-order valence-electron chi connectivity index (χ3n) is 3.34. The summed E-state index contributed by atoms with van der Waals surface area (Å²) in [6.07, 6.45) is 2.64. The molecule has 0 aliphatic rings. The lowest BCUT2D eigenvalue weighted by Gasteiger charge is -2.24. The molecule has 0 saturated carbocycles. The highest BCUT2D eigenvalue weighted by Crippen LogP contribution is 2.15. The molecule has 1 N–H and O–H groups in total. The Morgan fingerprint density at radius 1 is 1.50 bits per heavy atom. The van der Waals surface area contributed by atoms with Crippen LogP contribution in [0.15, 0.2) is 6.20 Å². The first-order valence-corrected chi connectivity index (χ1v) is 7.78. The van der Waals surface area contributed by atoms with Crippen molar-refractivity contribution in [1.82, 2.24) is 20.0 Å². The van der Waals surface area contributed by atoms with Crippen LogP contribution in [-0.4, -0.2) is 46.5 Å². The SMILES string of the molecule is Cc1nn(C)cc1C(C)NCCCN(C)C(=O)OC(C)(C)C. The summed E-state index contributed by atoms with van der Waals surface area (Å²) in [5.41, 5.74) is 1.81. The highest BCUT2D eigenvalue weighted by atomic mass is 16.6. The Labute approximate surface area is 133 Å². The van der Waals surface area contributed by atoms with Gasteiger partial charge in [-0.05, 0) is 47.6 Å². The number of nitrogens with one attached hydrogen (secondary N) is 1. The molecule has 0 spiro atoms. The van der Waals surface area contributed by atoms with Gasteiger partial charge in [-0.15, -0.1) is 0 Å². The molecule has 126 valence electrons. The molecule has 1 aromatic rings. The molecule has 0 radical (unpaired) electrons. The summed E-state index contributed by atoms with van der Waals surface area (Å²) in [7, 11) is 3.70. The second-order valence-electron chi connectivity index (χ2n) is 6.77. The van der Waals surface area contributed by atoms with Crippen LogP contribution in [0.25, 0.3) is 0 Å². The maximum atomic E-state index is 11.8. The molecule has 6 nitrogen and oxygen atoms in total. The molecular formula is C16H30N4O2. The van der Waals surface area contributed by atoms with Crippen molar-refractivity contribution < 1.29 is 9.53 Å². The second-order valence-corrected chi connectivity index (χ2v) is 6.77. The molecular weight excluding hydrogens is 280 g/mol. The van der Waals surface area contributed by atoms with Crippen LogP contribution in [0, 0.1) is 6.92 Å². The molecule has 1 amide bonds. The molecule has 1 rings (SSSR count). The summed E-state index contributed by atoms with van der Waals surface area (Å²) in [5.74, 6) is 0. The fraction of sp³-hybridized carbons (Fsp3) is 0.750. The van der Waals surface area contributed by atoms with E-state index in [-0.39, 0.29) is 12.1 Å². The van der Waals surface area contributed by atoms with Crippen LogP contribution in [0.1, 0.15) is 51.4 Å². The first kappa shape index (κ1) is 18.5. The largest absolute Gasteiger partial charge is 0.444 e. The topological polar surface area (TPSA) is 59.4 Å². The van der Waals surface area contributed by atoms with Crippen LogP contribution >= 0.6 is 0 Å². The van der Waals surface area contributed by atoms with E-state index in [1.807, 2.05) is 45.6 Å². The molecule has 1 atom stereocenters. The van der Waals surface area contributed by atoms with E-state index in [0.717, 1.165) is 18.7 Å². The van der Waals surface area contributed by atoms with E-state index in [1.54, 1.807) is 11.9 Å². The van der Waals surface area contributed by atoms with Gasteiger partial charge in [0.05, 0.1) is 5.69 Å². The Hall–Kier alpha value is -1.56. The van der Waals surface area contributed by atoms with Crippen LogP contribution in [-0.2, 0) is 11.8 Å². The van der Waals surface area contributed by atoms with E-state index in [2.05, 4.69) is 17.3 Å². The van der Waals surface area contributed by atoms with E-state index in [4.69, 9.17) is 4.74 Å². The van der Waals surface area contributed by atoms with Crippen molar-refractivity contribution in [3.05, 3.63) is 17.5 Å². The standard InChI is InChI=1S/C16H30N4O2/c1-12(14-11-20(7)18-13(14)2)17-9-8-10-19(6)15(21)22-16(3,4)5/h11-12,17H,8-10H2,1-7H3. The van der Waals surface area contributed by atoms with Crippen LogP contribution in [0.4, 0.5) is 4.79 Å². The highest BCUT2D eigenvalue weighted by molar-refractivity contribution is 5.67. The summed E-state index contributed by atoms with van der Waals surface area (Å²) in [5, 5.41) is 7.82. The zero-order chi connectivity index (χ0) is 16.9. The van der Waals surface area contributed by atoms with Crippen LogP contribution in [0.5, 0.6) is 0 Å². The molecule has 22 heavy (non-hydrogen) atoms. The molecule has 0 aliphatic heterocycles. The maximum absolute atomic E-state index is 11.8. The number of aryl methyl sites for hydroxylation is 2. The van der Waals surface area contributed by atoms with Crippen molar-refractivity contribution in [2.75, 3.05) is 20.1 Å². The average molecular weight is 310 g/mol. The summed E-state index contributed by atoms with van der Waals surface area (Å²) in [6.45, 7) is 11.3. The number of nitrogens with zero attached hydrogens (tertiary/aromatic N) is 3. The van der Waals surface area contributed by atoms with Gasteiger partial charge in [0.25, 0.3) is 0 Å².